The summed E-state index contributed by atoms with van der Waals surface area (Å²) in [6.45, 7) is 4.15. The van der Waals surface area contributed by atoms with E-state index in [-0.39, 0.29) is 5.82 Å². The SMILES string of the molecule is CCC[C@@H]1CNC[C@H]1c1ccccc1F. The van der Waals surface area contributed by atoms with E-state index in [0.29, 0.717) is 11.8 Å². The summed E-state index contributed by atoms with van der Waals surface area (Å²) in [7, 11) is 0. The predicted molar refractivity (Wildman–Crippen MR) is 60.4 cm³/mol. The summed E-state index contributed by atoms with van der Waals surface area (Å²) in [6.07, 6.45) is 2.36. The summed E-state index contributed by atoms with van der Waals surface area (Å²) < 4.78 is 13.6. The minimum absolute atomic E-state index is 0.0488. The predicted octanol–water partition coefficient (Wildman–Crippen LogP) is 2.93. The fraction of sp³-hybridized carbons (Fsp3) is 0.538. The minimum Gasteiger partial charge on any atom is -0.316 e. The fourth-order valence-electron chi connectivity index (χ4n) is 2.55. The molecule has 2 heteroatoms. The van der Waals surface area contributed by atoms with Gasteiger partial charge in [0.25, 0.3) is 0 Å². The smallest absolute Gasteiger partial charge is 0.126 e. The molecule has 1 N–H and O–H groups in total. The van der Waals surface area contributed by atoms with Crippen LogP contribution in [0.2, 0.25) is 0 Å². The third-order valence-electron chi connectivity index (χ3n) is 3.30. The number of nitrogens with one attached hydrogen (secondary N) is 1. The molecule has 0 saturated carbocycles. The molecule has 1 fully saturated rings. The van der Waals surface area contributed by atoms with Crippen molar-refractivity contribution in [2.75, 3.05) is 13.1 Å². The maximum Gasteiger partial charge on any atom is 0.126 e. The fourth-order valence-corrected chi connectivity index (χ4v) is 2.55. The summed E-state index contributed by atoms with van der Waals surface area (Å²) in [4.78, 5) is 0. The number of benzene rings is 1. The highest BCUT2D eigenvalue weighted by Crippen LogP contribution is 2.32. The third kappa shape index (κ3) is 2.20. The van der Waals surface area contributed by atoms with Gasteiger partial charge in [0.1, 0.15) is 5.82 Å². The van der Waals surface area contributed by atoms with Gasteiger partial charge in [-0.2, -0.15) is 0 Å². The molecule has 0 spiro atoms. The van der Waals surface area contributed by atoms with Gasteiger partial charge < -0.3 is 5.32 Å². The van der Waals surface area contributed by atoms with Gasteiger partial charge in [0.05, 0.1) is 0 Å². The first kappa shape index (κ1) is 10.6. The summed E-state index contributed by atoms with van der Waals surface area (Å²) in [6, 6.07) is 7.18. The molecular formula is C13H18FN. The van der Waals surface area contributed by atoms with Crippen molar-refractivity contribution in [3.63, 3.8) is 0 Å². The highest BCUT2D eigenvalue weighted by molar-refractivity contribution is 5.24. The molecule has 1 heterocycles. The van der Waals surface area contributed by atoms with Crippen molar-refractivity contribution < 1.29 is 4.39 Å². The molecule has 2 atom stereocenters. The van der Waals surface area contributed by atoms with Crippen LogP contribution < -0.4 is 5.32 Å². The van der Waals surface area contributed by atoms with Crippen molar-refractivity contribution in [1.29, 1.82) is 0 Å². The van der Waals surface area contributed by atoms with Gasteiger partial charge in [0.15, 0.2) is 0 Å². The second-order valence-electron chi connectivity index (χ2n) is 4.34. The molecular weight excluding hydrogens is 189 g/mol. The molecule has 0 aliphatic carbocycles. The Morgan fingerprint density at radius 2 is 2.13 bits per heavy atom. The van der Waals surface area contributed by atoms with Crippen molar-refractivity contribution in [3.05, 3.63) is 35.6 Å². The van der Waals surface area contributed by atoms with Crippen LogP contribution in [0.5, 0.6) is 0 Å². The van der Waals surface area contributed by atoms with E-state index in [2.05, 4.69) is 12.2 Å². The largest absolute Gasteiger partial charge is 0.316 e. The van der Waals surface area contributed by atoms with Gasteiger partial charge >= 0.3 is 0 Å². The van der Waals surface area contributed by atoms with E-state index in [1.165, 1.54) is 12.8 Å². The van der Waals surface area contributed by atoms with E-state index in [9.17, 15) is 4.39 Å². The van der Waals surface area contributed by atoms with Gasteiger partial charge in [-0.05, 0) is 30.5 Å². The van der Waals surface area contributed by atoms with Gasteiger partial charge in [0, 0.05) is 12.5 Å². The minimum atomic E-state index is -0.0488. The van der Waals surface area contributed by atoms with Crippen molar-refractivity contribution in [3.8, 4) is 0 Å². The van der Waals surface area contributed by atoms with E-state index in [1.807, 2.05) is 12.1 Å². The van der Waals surface area contributed by atoms with Crippen molar-refractivity contribution in [2.45, 2.75) is 25.7 Å². The van der Waals surface area contributed by atoms with Crippen LogP contribution in [0.25, 0.3) is 0 Å². The Morgan fingerprint density at radius 1 is 1.33 bits per heavy atom. The maximum absolute atomic E-state index is 13.6. The Labute approximate surface area is 90.7 Å². The first-order valence-electron chi connectivity index (χ1n) is 5.78. The topological polar surface area (TPSA) is 12.0 Å². The molecule has 1 aliphatic heterocycles. The maximum atomic E-state index is 13.6. The van der Waals surface area contributed by atoms with Crippen LogP contribution in [0.4, 0.5) is 4.39 Å². The van der Waals surface area contributed by atoms with Crippen LogP contribution in [0, 0.1) is 11.7 Å². The van der Waals surface area contributed by atoms with Crippen molar-refractivity contribution in [2.24, 2.45) is 5.92 Å². The van der Waals surface area contributed by atoms with Crippen LogP contribution in [0.1, 0.15) is 31.2 Å². The Kier molecular flexibility index (Phi) is 3.37. The molecule has 0 radical (unpaired) electrons. The van der Waals surface area contributed by atoms with Crippen molar-refractivity contribution in [1.82, 2.24) is 5.32 Å². The number of halogens is 1. The average Bonchev–Trinajstić information content (AvgIpc) is 2.67. The van der Waals surface area contributed by atoms with Gasteiger partial charge in [-0.25, -0.2) is 4.39 Å². The third-order valence-corrected chi connectivity index (χ3v) is 3.30. The van der Waals surface area contributed by atoms with Crippen LogP contribution in [0.3, 0.4) is 0 Å². The van der Waals surface area contributed by atoms with E-state index >= 15 is 0 Å². The summed E-state index contributed by atoms with van der Waals surface area (Å²) in [5.41, 5.74) is 0.890. The zero-order chi connectivity index (χ0) is 10.7. The van der Waals surface area contributed by atoms with Crippen LogP contribution in [-0.4, -0.2) is 13.1 Å². The second-order valence-corrected chi connectivity index (χ2v) is 4.34. The molecule has 0 aromatic heterocycles. The summed E-state index contributed by atoms with van der Waals surface area (Å²) in [5, 5.41) is 3.37. The quantitative estimate of drug-likeness (QED) is 0.803. The Bertz CT molecular complexity index is 324. The van der Waals surface area contributed by atoms with Gasteiger partial charge in [-0.3, -0.25) is 0 Å². The molecule has 0 bridgehead atoms. The molecule has 0 amide bonds. The number of hydrogen-bond acceptors (Lipinski definition) is 1. The molecule has 1 saturated heterocycles. The number of hydrogen-bond donors (Lipinski definition) is 1. The van der Waals surface area contributed by atoms with Gasteiger partial charge in [-0.15, -0.1) is 0 Å². The summed E-state index contributed by atoms with van der Waals surface area (Å²) >= 11 is 0. The summed E-state index contributed by atoms with van der Waals surface area (Å²) in [5.74, 6) is 0.922. The van der Waals surface area contributed by atoms with Crippen LogP contribution >= 0.6 is 0 Å². The molecule has 0 unspecified atom stereocenters. The molecule has 1 aromatic carbocycles. The molecule has 1 aliphatic rings. The Balaban J connectivity index is 2.19. The first-order valence-corrected chi connectivity index (χ1v) is 5.78. The van der Waals surface area contributed by atoms with E-state index in [4.69, 9.17) is 0 Å². The Morgan fingerprint density at radius 3 is 2.87 bits per heavy atom. The molecule has 15 heavy (non-hydrogen) atoms. The molecule has 1 nitrogen and oxygen atoms in total. The second kappa shape index (κ2) is 4.75. The highest BCUT2D eigenvalue weighted by Gasteiger charge is 2.29. The zero-order valence-electron chi connectivity index (χ0n) is 9.17. The van der Waals surface area contributed by atoms with E-state index in [1.54, 1.807) is 12.1 Å². The lowest BCUT2D eigenvalue weighted by Crippen LogP contribution is -2.11. The monoisotopic (exact) mass is 207 g/mol. The van der Waals surface area contributed by atoms with E-state index in [0.717, 1.165) is 18.7 Å². The number of rotatable bonds is 3. The van der Waals surface area contributed by atoms with Gasteiger partial charge in [0.2, 0.25) is 0 Å². The lowest BCUT2D eigenvalue weighted by atomic mass is 9.86. The molecule has 2 rings (SSSR count). The normalized spacial score (nSPS) is 25.7. The lowest BCUT2D eigenvalue weighted by Gasteiger charge is -2.18. The van der Waals surface area contributed by atoms with Gasteiger partial charge in [-0.1, -0.05) is 31.5 Å². The zero-order valence-corrected chi connectivity index (χ0v) is 9.17. The lowest BCUT2D eigenvalue weighted by molar-refractivity contribution is 0.458. The van der Waals surface area contributed by atoms with Crippen LogP contribution in [-0.2, 0) is 0 Å². The van der Waals surface area contributed by atoms with E-state index < -0.39 is 0 Å². The van der Waals surface area contributed by atoms with Crippen LogP contribution in [0.15, 0.2) is 24.3 Å². The highest BCUT2D eigenvalue weighted by atomic mass is 19.1. The first-order chi connectivity index (χ1) is 7.33. The van der Waals surface area contributed by atoms with Crippen molar-refractivity contribution >= 4 is 0 Å². The molecule has 82 valence electrons. The average molecular weight is 207 g/mol. The Hall–Kier alpha value is -0.890. The standard InChI is InChI=1S/C13H18FN/c1-2-5-10-8-15-9-12(10)11-6-3-4-7-13(11)14/h3-4,6-7,10,12,15H,2,5,8-9H2,1H3/t10-,12-/m1/s1. The molecule has 1 aromatic rings.